The first-order valence-corrected chi connectivity index (χ1v) is 8.36. The molecule has 0 bridgehead atoms. The molecule has 0 spiro atoms. The molecule has 1 amide bonds. The summed E-state index contributed by atoms with van der Waals surface area (Å²) in [4.78, 5) is 22.8. The molecule has 1 aliphatic heterocycles. The lowest BCUT2D eigenvalue weighted by Gasteiger charge is -2.20. The molecule has 1 saturated carbocycles. The van der Waals surface area contributed by atoms with E-state index in [2.05, 4.69) is 38.6 Å². The first-order valence-electron chi connectivity index (χ1n) is 8.36. The lowest BCUT2D eigenvalue weighted by molar-refractivity contribution is -0.116. The molecule has 1 aromatic carbocycles. The minimum absolute atomic E-state index is 0.0813. The van der Waals surface area contributed by atoms with Crippen molar-refractivity contribution >= 4 is 29.0 Å². The number of fused-ring (bicyclic) bond motifs is 1. The highest BCUT2D eigenvalue weighted by atomic mass is 16.1. The van der Waals surface area contributed by atoms with Gasteiger partial charge in [-0.2, -0.15) is 4.98 Å². The molecular formula is C18H21N5O. The molecule has 0 atom stereocenters. The highest BCUT2D eigenvalue weighted by molar-refractivity contribution is 5.94. The highest BCUT2D eigenvalue weighted by Crippen LogP contribution is 2.31. The van der Waals surface area contributed by atoms with Crippen molar-refractivity contribution in [1.82, 2.24) is 9.97 Å². The van der Waals surface area contributed by atoms with Crippen LogP contribution in [0.5, 0.6) is 0 Å². The van der Waals surface area contributed by atoms with E-state index in [0.717, 1.165) is 34.7 Å². The van der Waals surface area contributed by atoms with Crippen LogP contribution in [0, 0.1) is 6.92 Å². The van der Waals surface area contributed by atoms with Crippen LogP contribution in [-0.4, -0.2) is 29.0 Å². The number of nitrogens with zero attached hydrogens (tertiary/aromatic N) is 3. The molecule has 2 aliphatic rings. The van der Waals surface area contributed by atoms with Crippen LogP contribution in [0.1, 0.15) is 30.4 Å². The van der Waals surface area contributed by atoms with Gasteiger partial charge in [-0.25, -0.2) is 4.98 Å². The molecule has 0 saturated heterocycles. The fraction of sp³-hybridized carbons (Fsp3) is 0.389. The lowest BCUT2D eigenvalue weighted by Crippen LogP contribution is -2.22. The summed E-state index contributed by atoms with van der Waals surface area (Å²) in [5.74, 6) is 1.67. The van der Waals surface area contributed by atoms with Gasteiger partial charge in [0, 0.05) is 42.6 Å². The molecular weight excluding hydrogens is 302 g/mol. The topological polar surface area (TPSA) is 70.1 Å². The van der Waals surface area contributed by atoms with Crippen molar-refractivity contribution in [3.05, 3.63) is 35.5 Å². The molecule has 6 heteroatoms. The van der Waals surface area contributed by atoms with E-state index in [-0.39, 0.29) is 5.91 Å². The number of aryl methyl sites for hydroxylation is 2. The van der Waals surface area contributed by atoms with Crippen molar-refractivity contribution in [2.45, 2.75) is 38.6 Å². The van der Waals surface area contributed by atoms with E-state index < -0.39 is 0 Å². The Bertz CT molecular complexity index is 800. The minimum atomic E-state index is 0.0813. The number of aromatic nitrogens is 2. The molecule has 24 heavy (non-hydrogen) atoms. The number of carbonyl (C=O) groups is 1. The van der Waals surface area contributed by atoms with E-state index in [1.54, 1.807) is 0 Å². The second kappa shape index (κ2) is 5.78. The Labute approximate surface area is 141 Å². The van der Waals surface area contributed by atoms with Crippen LogP contribution < -0.4 is 15.5 Å². The minimum Gasteiger partial charge on any atom is -0.356 e. The summed E-state index contributed by atoms with van der Waals surface area (Å²) in [6.07, 6.45) is 5.63. The maximum atomic E-state index is 11.4. The van der Waals surface area contributed by atoms with E-state index in [9.17, 15) is 4.79 Å². The second-order valence-electron chi connectivity index (χ2n) is 6.59. The quantitative estimate of drug-likeness (QED) is 0.905. The van der Waals surface area contributed by atoms with Crippen LogP contribution in [-0.2, 0) is 11.2 Å². The Morgan fingerprint density at radius 1 is 1.29 bits per heavy atom. The first kappa shape index (κ1) is 14.9. The number of benzene rings is 1. The van der Waals surface area contributed by atoms with Gasteiger partial charge >= 0.3 is 0 Å². The van der Waals surface area contributed by atoms with Gasteiger partial charge in [0.25, 0.3) is 0 Å². The largest absolute Gasteiger partial charge is 0.356 e. The van der Waals surface area contributed by atoms with Gasteiger partial charge < -0.3 is 15.5 Å². The number of anilines is 4. The summed E-state index contributed by atoms with van der Waals surface area (Å²) < 4.78 is 0. The van der Waals surface area contributed by atoms with Crippen molar-refractivity contribution < 1.29 is 4.79 Å². The standard InChI is InChI=1S/C18H21N5O/c1-11-10-19-18(22-17(11)23(2)14-5-6-14)20-13-4-7-15-12(9-13)3-8-16(24)21-15/h4,7,9-10,14H,3,5-6,8H2,1-2H3,(H,21,24)(H,19,20,22). The van der Waals surface area contributed by atoms with E-state index in [1.807, 2.05) is 25.3 Å². The van der Waals surface area contributed by atoms with Crippen LogP contribution in [0.3, 0.4) is 0 Å². The van der Waals surface area contributed by atoms with Crippen LogP contribution >= 0.6 is 0 Å². The summed E-state index contributed by atoms with van der Waals surface area (Å²) in [6.45, 7) is 2.04. The van der Waals surface area contributed by atoms with Gasteiger partial charge in [0.1, 0.15) is 5.82 Å². The van der Waals surface area contributed by atoms with Crippen molar-refractivity contribution in [3.63, 3.8) is 0 Å². The molecule has 1 fully saturated rings. The van der Waals surface area contributed by atoms with Gasteiger partial charge in [0.05, 0.1) is 0 Å². The van der Waals surface area contributed by atoms with Gasteiger partial charge in [-0.15, -0.1) is 0 Å². The van der Waals surface area contributed by atoms with E-state index in [0.29, 0.717) is 18.4 Å². The summed E-state index contributed by atoms with van der Waals surface area (Å²) >= 11 is 0. The Morgan fingerprint density at radius 3 is 2.92 bits per heavy atom. The summed E-state index contributed by atoms with van der Waals surface area (Å²) in [7, 11) is 2.10. The highest BCUT2D eigenvalue weighted by Gasteiger charge is 2.28. The lowest BCUT2D eigenvalue weighted by atomic mass is 10.0. The summed E-state index contributed by atoms with van der Waals surface area (Å²) in [5.41, 5.74) is 4.06. The van der Waals surface area contributed by atoms with Crippen molar-refractivity contribution in [1.29, 1.82) is 0 Å². The Balaban J connectivity index is 1.57. The number of rotatable bonds is 4. The molecule has 2 N–H and O–H groups in total. The van der Waals surface area contributed by atoms with Crippen LogP contribution in [0.15, 0.2) is 24.4 Å². The van der Waals surface area contributed by atoms with Crippen molar-refractivity contribution in [3.8, 4) is 0 Å². The third-order valence-electron chi connectivity index (χ3n) is 4.63. The Kier molecular flexibility index (Phi) is 3.59. The Morgan fingerprint density at radius 2 is 2.12 bits per heavy atom. The van der Waals surface area contributed by atoms with Gasteiger partial charge in [-0.05, 0) is 49.9 Å². The number of carbonyl (C=O) groups excluding carboxylic acids is 1. The van der Waals surface area contributed by atoms with Crippen molar-refractivity contribution in [2.75, 3.05) is 22.6 Å². The number of nitrogens with one attached hydrogen (secondary N) is 2. The number of hydrogen-bond donors (Lipinski definition) is 2. The maximum Gasteiger partial charge on any atom is 0.229 e. The van der Waals surface area contributed by atoms with Crippen LogP contribution in [0.25, 0.3) is 0 Å². The third kappa shape index (κ3) is 2.91. The van der Waals surface area contributed by atoms with Gasteiger partial charge in [0.15, 0.2) is 0 Å². The number of hydrogen-bond acceptors (Lipinski definition) is 5. The summed E-state index contributed by atoms with van der Waals surface area (Å²) in [6, 6.07) is 6.54. The third-order valence-corrected chi connectivity index (χ3v) is 4.63. The summed E-state index contributed by atoms with van der Waals surface area (Å²) in [5, 5.41) is 6.18. The SMILES string of the molecule is Cc1cnc(Nc2ccc3c(c2)CCC(=O)N3)nc1N(C)C1CC1. The molecule has 0 radical (unpaired) electrons. The van der Waals surface area contributed by atoms with Gasteiger partial charge in [0.2, 0.25) is 11.9 Å². The zero-order valence-electron chi connectivity index (χ0n) is 14.0. The molecule has 124 valence electrons. The zero-order chi connectivity index (χ0) is 16.7. The molecule has 2 aromatic rings. The van der Waals surface area contributed by atoms with E-state index >= 15 is 0 Å². The van der Waals surface area contributed by atoms with Crippen LogP contribution in [0.4, 0.5) is 23.1 Å². The molecule has 4 rings (SSSR count). The monoisotopic (exact) mass is 323 g/mol. The van der Waals surface area contributed by atoms with Crippen LogP contribution in [0.2, 0.25) is 0 Å². The fourth-order valence-corrected chi connectivity index (χ4v) is 3.08. The fourth-order valence-electron chi connectivity index (χ4n) is 3.08. The average molecular weight is 323 g/mol. The Hall–Kier alpha value is -2.63. The zero-order valence-corrected chi connectivity index (χ0v) is 14.0. The smallest absolute Gasteiger partial charge is 0.229 e. The van der Waals surface area contributed by atoms with E-state index in [4.69, 9.17) is 0 Å². The second-order valence-corrected chi connectivity index (χ2v) is 6.59. The predicted molar refractivity (Wildman–Crippen MR) is 94.9 cm³/mol. The maximum absolute atomic E-state index is 11.4. The molecule has 0 unspecified atom stereocenters. The first-order chi connectivity index (χ1) is 11.6. The molecule has 6 nitrogen and oxygen atoms in total. The normalized spacial score (nSPS) is 16.3. The van der Waals surface area contributed by atoms with Gasteiger partial charge in [-0.3, -0.25) is 4.79 Å². The van der Waals surface area contributed by atoms with Crippen molar-refractivity contribution in [2.24, 2.45) is 0 Å². The molecule has 2 heterocycles. The average Bonchev–Trinajstić information content (AvgIpc) is 3.41. The molecule has 1 aliphatic carbocycles. The molecule has 1 aromatic heterocycles. The predicted octanol–water partition coefficient (Wildman–Crippen LogP) is 3.01. The van der Waals surface area contributed by atoms with Gasteiger partial charge in [-0.1, -0.05) is 0 Å². The number of amides is 1. The van der Waals surface area contributed by atoms with E-state index in [1.165, 1.54) is 12.8 Å².